The van der Waals surface area contributed by atoms with Gasteiger partial charge in [0.1, 0.15) is 5.75 Å². The normalized spacial score (nSPS) is 12.2. The van der Waals surface area contributed by atoms with Gasteiger partial charge in [0.2, 0.25) is 11.8 Å². The number of hydrogen-bond donors (Lipinski definition) is 2. The Hall–Kier alpha value is -2.55. The third kappa shape index (κ3) is 8.55. The lowest BCUT2D eigenvalue weighted by Gasteiger charge is -2.18. The summed E-state index contributed by atoms with van der Waals surface area (Å²) < 4.78 is 41.2. The van der Waals surface area contributed by atoms with Gasteiger partial charge in [0.05, 0.1) is 12.5 Å². The Morgan fingerprint density at radius 1 is 1.07 bits per heavy atom. The molecule has 1 unspecified atom stereocenters. The van der Waals surface area contributed by atoms with E-state index in [0.717, 1.165) is 15.6 Å². The molecule has 0 radical (unpaired) electrons. The van der Waals surface area contributed by atoms with E-state index in [1.807, 2.05) is 24.3 Å². The standard InChI is InChI=1S/C20H20BrF3N2O3/c1-13(27)26-18(15-4-6-16(21)7-5-15)12-19(28)25-11-10-14-2-8-17(9-3-14)29-20(22,23)24/h2-9,18H,10-12H2,1H3,(H,25,28)(H,26,27). The van der Waals surface area contributed by atoms with E-state index in [2.05, 4.69) is 31.3 Å². The molecule has 0 aromatic heterocycles. The molecule has 2 amide bonds. The number of benzene rings is 2. The zero-order chi connectivity index (χ0) is 21.4. The molecule has 2 aromatic carbocycles. The van der Waals surface area contributed by atoms with E-state index in [1.165, 1.54) is 31.2 Å². The maximum Gasteiger partial charge on any atom is 0.573 e. The lowest BCUT2D eigenvalue weighted by molar-refractivity contribution is -0.274. The number of halogens is 4. The van der Waals surface area contributed by atoms with Crippen molar-refractivity contribution >= 4 is 27.7 Å². The fraction of sp³-hybridized carbons (Fsp3) is 0.300. The van der Waals surface area contributed by atoms with Crippen LogP contribution in [0.25, 0.3) is 0 Å². The first-order valence-electron chi connectivity index (χ1n) is 8.76. The van der Waals surface area contributed by atoms with E-state index in [1.54, 1.807) is 0 Å². The minimum absolute atomic E-state index is 0.0690. The highest BCUT2D eigenvalue weighted by molar-refractivity contribution is 9.10. The Balaban J connectivity index is 1.85. The predicted octanol–water partition coefficient (Wildman–Crippen LogP) is 4.27. The lowest BCUT2D eigenvalue weighted by atomic mass is 10.0. The first kappa shape index (κ1) is 22.7. The summed E-state index contributed by atoms with van der Waals surface area (Å²) in [5, 5.41) is 5.52. The summed E-state index contributed by atoms with van der Waals surface area (Å²) in [6, 6.07) is 12.3. The second-order valence-corrected chi connectivity index (χ2v) is 7.22. The monoisotopic (exact) mass is 472 g/mol. The van der Waals surface area contributed by atoms with Crippen LogP contribution in [-0.2, 0) is 16.0 Å². The van der Waals surface area contributed by atoms with Gasteiger partial charge >= 0.3 is 6.36 Å². The van der Waals surface area contributed by atoms with Crippen molar-refractivity contribution in [1.29, 1.82) is 0 Å². The van der Waals surface area contributed by atoms with E-state index in [4.69, 9.17) is 0 Å². The van der Waals surface area contributed by atoms with Crippen molar-refractivity contribution < 1.29 is 27.5 Å². The van der Waals surface area contributed by atoms with Gasteiger partial charge in [-0.15, -0.1) is 13.2 Å². The molecule has 2 rings (SSSR count). The molecular formula is C20H20BrF3N2O3. The van der Waals surface area contributed by atoms with Crippen LogP contribution in [0.5, 0.6) is 5.75 Å². The minimum Gasteiger partial charge on any atom is -0.406 e. The summed E-state index contributed by atoms with van der Waals surface area (Å²) in [5.41, 5.74) is 1.56. The van der Waals surface area contributed by atoms with Gasteiger partial charge in [-0.05, 0) is 41.8 Å². The Kier molecular flexibility index (Phi) is 8.07. The van der Waals surface area contributed by atoms with Gasteiger partial charge in [0.15, 0.2) is 0 Å². The summed E-state index contributed by atoms with van der Waals surface area (Å²) in [6.45, 7) is 1.70. The number of ether oxygens (including phenoxy) is 1. The molecule has 0 aliphatic rings. The minimum atomic E-state index is -4.73. The molecule has 0 heterocycles. The number of amides is 2. The van der Waals surface area contributed by atoms with Crippen molar-refractivity contribution in [3.63, 3.8) is 0 Å². The number of rotatable bonds is 8. The van der Waals surface area contributed by atoms with Crippen molar-refractivity contribution in [2.24, 2.45) is 0 Å². The van der Waals surface area contributed by atoms with Gasteiger partial charge in [-0.2, -0.15) is 0 Å². The maximum atomic E-state index is 12.3. The van der Waals surface area contributed by atoms with Crippen LogP contribution in [0.1, 0.15) is 30.5 Å². The summed E-state index contributed by atoms with van der Waals surface area (Å²) in [4.78, 5) is 23.7. The van der Waals surface area contributed by atoms with Crippen LogP contribution in [0.4, 0.5) is 13.2 Å². The topological polar surface area (TPSA) is 67.4 Å². The van der Waals surface area contributed by atoms with Gasteiger partial charge in [0.25, 0.3) is 0 Å². The van der Waals surface area contributed by atoms with E-state index >= 15 is 0 Å². The summed E-state index contributed by atoms with van der Waals surface area (Å²) in [7, 11) is 0. The molecule has 2 N–H and O–H groups in total. The van der Waals surface area contributed by atoms with Crippen molar-refractivity contribution in [2.45, 2.75) is 32.2 Å². The van der Waals surface area contributed by atoms with Crippen molar-refractivity contribution in [2.75, 3.05) is 6.54 Å². The van der Waals surface area contributed by atoms with Crippen LogP contribution in [-0.4, -0.2) is 24.7 Å². The molecule has 0 aliphatic carbocycles. The van der Waals surface area contributed by atoms with Crippen LogP contribution < -0.4 is 15.4 Å². The summed E-state index contributed by atoms with van der Waals surface area (Å²) in [5.74, 6) is -0.784. The van der Waals surface area contributed by atoms with Crippen molar-refractivity contribution in [3.8, 4) is 5.75 Å². The van der Waals surface area contributed by atoms with E-state index in [-0.39, 0.29) is 24.0 Å². The van der Waals surface area contributed by atoms with Gasteiger partial charge in [-0.25, -0.2) is 0 Å². The fourth-order valence-corrected chi connectivity index (χ4v) is 2.92. The third-order valence-electron chi connectivity index (χ3n) is 3.93. The van der Waals surface area contributed by atoms with Crippen LogP contribution in [0, 0.1) is 0 Å². The molecule has 156 valence electrons. The molecule has 0 bridgehead atoms. The highest BCUT2D eigenvalue weighted by Crippen LogP contribution is 2.23. The van der Waals surface area contributed by atoms with Gasteiger partial charge in [-0.1, -0.05) is 40.2 Å². The molecule has 0 fully saturated rings. The largest absolute Gasteiger partial charge is 0.573 e. The fourth-order valence-electron chi connectivity index (χ4n) is 2.65. The molecule has 9 heteroatoms. The first-order chi connectivity index (χ1) is 13.6. The lowest BCUT2D eigenvalue weighted by Crippen LogP contribution is -2.33. The van der Waals surface area contributed by atoms with Crippen LogP contribution >= 0.6 is 15.9 Å². The summed E-state index contributed by atoms with van der Waals surface area (Å²) >= 11 is 3.34. The molecule has 2 aromatic rings. The predicted molar refractivity (Wildman–Crippen MR) is 105 cm³/mol. The SMILES string of the molecule is CC(=O)NC(CC(=O)NCCc1ccc(OC(F)(F)F)cc1)c1ccc(Br)cc1. The van der Waals surface area contributed by atoms with Gasteiger partial charge in [-0.3, -0.25) is 9.59 Å². The van der Waals surface area contributed by atoms with Gasteiger partial charge < -0.3 is 15.4 Å². The Bertz CT molecular complexity index is 824. The zero-order valence-corrected chi connectivity index (χ0v) is 17.1. The Labute approximate surface area is 174 Å². The highest BCUT2D eigenvalue weighted by atomic mass is 79.9. The molecule has 0 saturated carbocycles. The van der Waals surface area contributed by atoms with Crippen LogP contribution in [0.2, 0.25) is 0 Å². The zero-order valence-electron chi connectivity index (χ0n) is 15.6. The molecule has 0 saturated heterocycles. The number of carbonyl (C=O) groups is 2. The number of carbonyl (C=O) groups excluding carboxylic acids is 2. The quantitative estimate of drug-likeness (QED) is 0.602. The average Bonchev–Trinajstić information content (AvgIpc) is 2.61. The number of hydrogen-bond acceptors (Lipinski definition) is 3. The average molecular weight is 473 g/mol. The molecule has 29 heavy (non-hydrogen) atoms. The van der Waals surface area contributed by atoms with Crippen LogP contribution in [0.3, 0.4) is 0 Å². The van der Waals surface area contributed by atoms with Crippen LogP contribution in [0.15, 0.2) is 53.0 Å². The van der Waals surface area contributed by atoms with E-state index in [9.17, 15) is 22.8 Å². The van der Waals surface area contributed by atoms with Gasteiger partial charge in [0, 0.05) is 17.9 Å². The second-order valence-electron chi connectivity index (χ2n) is 6.30. The molecule has 5 nitrogen and oxygen atoms in total. The molecule has 1 atom stereocenters. The second kappa shape index (κ2) is 10.3. The maximum absolute atomic E-state index is 12.3. The Morgan fingerprint density at radius 2 is 1.69 bits per heavy atom. The molecule has 0 aliphatic heterocycles. The molecule has 0 spiro atoms. The number of alkyl halides is 3. The highest BCUT2D eigenvalue weighted by Gasteiger charge is 2.30. The van der Waals surface area contributed by atoms with Crippen molar-refractivity contribution in [1.82, 2.24) is 10.6 Å². The van der Waals surface area contributed by atoms with E-state index < -0.39 is 12.4 Å². The Morgan fingerprint density at radius 3 is 2.24 bits per heavy atom. The molecular weight excluding hydrogens is 453 g/mol. The summed E-state index contributed by atoms with van der Waals surface area (Å²) in [6.07, 6.45) is -4.21. The van der Waals surface area contributed by atoms with Crippen molar-refractivity contribution in [3.05, 3.63) is 64.1 Å². The third-order valence-corrected chi connectivity index (χ3v) is 4.46. The smallest absolute Gasteiger partial charge is 0.406 e. The first-order valence-corrected chi connectivity index (χ1v) is 9.55. The number of nitrogens with one attached hydrogen (secondary N) is 2. The van der Waals surface area contributed by atoms with E-state index in [0.29, 0.717) is 13.0 Å².